The molecule has 0 aromatic heterocycles. The highest BCUT2D eigenvalue weighted by molar-refractivity contribution is 5.92. The molecule has 0 aliphatic carbocycles. The maximum atomic E-state index is 11.8. The molecule has 3 heteroatoms. The molecule has 3 nitrogen and oxygen atoms in total. The summed E-state index contributed by atoms with van der Waals surface area (Å²) in [5.74, 6) is 0.547. The monoisotopic (exact) mass is 255 g/mol. The van der Waals surface area contributed by atoms with Crippen LogP contribution in [0.5, 0.6) is 5.75 Å². The summed E-state index contributed by atoms with van der Waals surface area (Å²) >= 11 is 0. The predicted octanol–water partition coefficient (Wildman–Crippen LogP) is 3.27. The Kier molecular flexibility index (Phi) is 4.56. The standard InChI is InChI=1S/C16H17NO2/c1-2-13-8-6-7-11-15(13)17-16(18)12-19-14-9-4-3-5-10-14/h3-11H,2,12H2,1H3,(H,17,18). The van der Waals surface area contributed by atoms with E-state index in [1.165, 1.54) is 0 Å². The lowest BCUT2D eigenvalue weighted by atomic mass is 10.1. The van der Waals surface area contributed by atoms with Crippen LogP contribution in [0.15, 0.2) is 54.6 Å². The van der Waals surface area contributed by atoms with E-state index in [0.717, 1.165) is 17.7 Å². The Hall–Kier alpha value is -2.29. The van der Waals surface area contributed by atoms with E-state index in [1.54, 1.807) is 0 Å². The van der Waals surface area contributed by atoms with Gasteiger partial charge in [-0.05, 0) is 30.2 Å². The third-order valence-electron chi connectivity index (χ3n) is 2.79. The molecule has 0 aliphatic heterocycles. The highest BCUT2D eigenvalue weighted by Crippen LogP contribution is 2.15. The molecule has 0 atom stereocenters. The number of carbonyl (C=O) groups excluding carboxylic acids is 1. The number of benzene rings is 2. The number of para-hydroxylation sites is 2. The highest BCUT2D eigenvalue weighted by Gasteiger charge is 2.06. The normalized spacial score (nSPS) is 9.95. The third kappa shape index (κ3) is 3.85. The molecule has 1 amide bonds. The summed E-state index contributed by atoms with van der Waals surface area (Å²) in [7, 11) is 0. The third-order valence-corrected chi connectivity index (χ3v) is 2.79. The maximum Gasteiger partial charge on any atom is 0.262 e. The van der Waals surface area contributed by atoms with Crippen LogP contribution in [0.1, 0.15) is 12.5 Å². The van der Waals surface area contributed by atoms with Crippen molar-refractivity contribution in [3.8, 4) is 5.75 Å². The van der Waals surface area contributed by atoms with E-state index in [0.29, 0.717) is 5.75 Å². The first kappa shape index (κ1) is 13.1. The fraction of sp³-hybridized carbons (Fsp3) is 0.188. The number of aryl methyl sites for hydroxylation is 1. The summed E-state index contributed by atoms with van der Waals surface area (Å²) in [5, 5.41) is 2.87. The molecule has 0 fully saturated rings. The Morgan fingerprint density at radius 2 is 1.74 bits per heavy atom. The first-order chi connectivity index (χ1) is 9.29. The van der Waals surface area contributed by atoms with E-state index < -0.39 is 0 Å². The van der Waals surface area contributed by atoms with Crippen molar-refractivity contribution in [2.75, 3.05) is 11.9 Å². The van der Waals surface area contributed by atoms with E-state index in [-0.39, 0.29) is 12.5 Å². The molecular formula is C16H17NO2. The van der Waals surface area contributed by atoms with E-state index in [9.17, 15) is 4.79 Å². The summed E-state index contributed by atoms with van der Waals surface area (Å²) in [6, 6.07) is 17.1. The number of amides is 1. The van der Waals surface area contributed by atoms with Crippen molar-refractivity contribution >= 4 is 11.6 Å². The summed E-state index contributed by atoms with van der Waals surface area (Å²) < 4.78 is 5.40. The molecule has 0 radical (unpaired) electrons. The first-order valence-corrected chi connectivity index (χ1v) is 6.35. The number of anilines is 1. The Labute approximate surface area is 113 Å². The fourth-order valence-corrected chi connectivity index (χ4v) is 1.80. The average molecular weight is 255 g/mol. The summed E-state index contributed by atoms with van der Waals surface area (Å²) in [6.07, 6.45) is 0.885. The van der Waals surface area contributed by atoms with Gasteiger partial charge in [-0.25, -0.2) is 0 Å². The zero-order valence-electron chi connectivity index (χ0n) is 10.9. The number of rotatable bonds is 5. The molecule has 2 rings (SSSR count). The van der Waals surface area contributed by atoms with Crippen LogP contribution in [0.3, 0.4) is 0 Å². The molecule has 2 aromatic carbocycles. The van der Waals surface area contributed by atoms with Crippen molar-refractivity contribution in [3.05, 3.63) is 60.2 Å². The van der Waals surface area contributed by atoms with Gasteiger partial charge < -0.3 is 10.1 Å². The minimum absolute atomic E-state index is 0.0159. The molecule has 0 heterocycles. The number of nitrogens with one attached hydrogen (secondary N) is 1. The minimum Gasteiger partial charge on any atom is -0.484 e. The Morgan fingerprint density at radius 3 is 2.47 bits per heavy atom. The Balaban J connectivity index is 1.91. The second-order valence-corrected chi connectivity index (χ2v) is 4.16. The van der Waals surface area contributed by atoms with Gasteiger partial charge >= 0.3 is 0 Å². The molecule has 1 N–H and O–H groups in total. The van der Waals surface area contributed by atoms with Crippen molar-refractivity contribution in [1.82, 2.24) is 0 Å². The lowest BCUT2D eigenvalue weighted by Crippen LogP contribution is -2.20. The van der Waals surface area contributed by atoms with Crippen LogP contribution < -0.4 is 10.1 Å². The van der Waals surface area contributed by atoms with Gasteiger partial charge in [-0.3, -0.25) is 4.79 Å². The van der Waals surface area contributed by atoms with Crippen LogP contribution in [0, 0.1) is 0 Å². The molecule has 0 saturated heterocycles. The van der Waals surface area contributed by atoms with Crippen molar-refractivity contribution in [1.29, 1.82) is 0 Å². The van der Waals surface area contributed by atoms with Gasteiger partial charge in [0.25, 0.3) is 5.91 Å². The Morgan fingerprint density at radius 1 is 1.05 bits per heavy atom. The van der Waals surface area contributed by atoms with Crippen molar-refractivity contribution < 1.29 is 9.53 Å². The van der Waals surface area contributed by atoms with E-state index in [4.69, 9.17) is 4.74 Å². The molecule has 0 saturated carbocycles. The average Bonchev–Trinajstić information content (AvgIpc) is 2.47. The van der Waals surface area contributed by atoms with Crippen LogP contribution in [0.2, 0.25) is 0 Å². The van der Waals surface area contributed by atoms with Crippen molar-refractivity contribution in [3.63, 3.8) is 0 Å². The zero-order valence-corrected chi connectivity index (χ0v) is 10.9. The molecule has 0 aliphatic rings. The SMILES string of the molecule is CCc1ccccc1NC(=O)COc1ccccc1. The van der Waals surface area contributed by atoms with Gasteiger partial charge in [-0.1, -0.05) is 43.3 Å². The molecule has 98 valence electrons. The van der Waals surface area contributed by atoms with Gasteiger partial charge in [0.2, 0.25) is 0 Å². The van der Waals surface area contributed by atoms with Crippen LogP contribution in [0.25, 0.3) is 0 Å². The molecule has 19 heavy (non-hydrogen) atoms. The highest BCUT2D eigenvalue weighted by atomic mass is 16.5. The van der Waals surface area contributed by atoms with Crippen LogP contribution in [0.4, 0.5) is 5.69 Å². The van der Waals surface area contributed by atoms with Gasteiger partial charge in [0.15, 0.2) is 6.61 Å². The van der Waals surface area contributed by atoms with Crippen LogP contribution >= 0.6 is 0 Å². The van der Waals surface area contributed by atoms with Gasteiger partial charge in [-0.15, -0.1) is 0 Å². The largest absolute Gasteiger partial charge is 0.484 e. The molecule has 0 spiro atoms. The van der Waals surface area contributed by atoms with E-state index in [2.05, 4.69) is 12.2 Å². The number of hydrogen-bond acceptors (Lipinski definition) is 2. The smallest absolute Gasteiger partial charge is 0.262 e. The van der Waals surface area contributed by atoms with Crippen LogP contribution in [-0.2, 0) is 11.2 Å². The van der Waals surface area contributed by atoms with Gasteiger partial charge in [0.05, 0.1) is 0 Å². The molecule has 2 aromatic rings. The lowest BCUT2D eigenvalue weighted by molar-refractivity contribution is -0.118. The van der Waals surface area contributed by atoms with Gasteiger partial charge in [-0.2, -0.15) is 0 Å². The van der Waals surface area contributed by atoms with E-state index >= 15 is 0 Å². The lowest BCUT2D eigenvalue weighted by Gasteiger charge is -2.10. The summed E-state index contributed by atoms with van der Waals surface area (Å²) in [5.41, 5.74) is 1.97. The van der Waals surface area contributed by atoms with Gasteiger partial charge in [0.1, 0.15) is 5.75 Å². The van der Waals surface area contributed by atoms with Crippen LogP contribution in [-0.4, -0.2) is 12.5 Å². The zero-order chi connectivity index (χ0) is 13.5. The first-order valence-electron chi connectivity index (χ1n) is 6.35. The fourth-order valence-electron chi connectivity index (χ4n) is 1.80. The second kappa shape index (κ2) is 6.59. The molecule has 0 unspecified atom stereocenters. The number of carbonyl (C=O) groups is 1. The minimum atomic E-state index is -0.148. The molecule has 0 bridgehead atoms. The second-order valence-electron chi connectivity index (χ2n) is 4.16. The summed E-state index contributed by atoms with van der Waals surface area (Å²) in [4.78, 5) is 11.8. The number of hydrogen-bond donors (Lipinski definition) is 1. The maximum absolute atomic E-state index is 11.8. The number of ether oxygens (including phenoxy) is 1. The summed E-state index contributed by atoms with van der Waals surface area (Å²) in [6.45, 7) is 2.08. The predicted molar refractivity (Wildman–Crippen MR) is 76.4 cm³/mol. The quantitative estimate of drug-likeness (QED) is 0.890. The van der Waals surface area contributed by atoms with Crippen molar-refractivity contribution in [2.24, 2.45) is 0 Å². The topological polar surface area (TPSA) is 38.3 Å². The molecular weight excluding hydrogens is 238 g/mol. The van der Waals surface area contributed by atoms with Gasteiger partial charge in [0, 0.05) is 5.69 Å². The van der Waals surface area contributed by atoms with Crippen molar-refractivity contribution in [2.45, 2.75) is 13.3 Å². The van der Waals surface area contributed by atoms with E-state index in [1.807, 2.05) is 54.6 Å². The Bertz CT molecular complexity index is 537.